The number of aryl methyl sites for hydroxylation is 2. The van der Waals surface area contributed by atoms with E-state index in [-0.39, 0.29) is 24.4 Å². The minimum atomic E-state index is -0.994. The Kier molecular flexibility index (Phi) is 6.87. The standard InChI is InChI=1S/C24H29N3O3/c1-18(13-14-19-9-5-3-6-10-19)25-21(28)17-27-22(29)24(2,26-23(27)30)16-15-20-11-7-4-8-12-20/h3-12,18H,13-17H2,1-2H3,(H,25,28)(H,26,30)/t18-,24+/m1/s1. The molecule has 1 saturated heterocycles. The smallest absolute Gasteiger partial charge is 0.325 e. The maximum absolute atomic E-state index is 12.9. The summed E-state index contributed by atoms with van der Waals surface area (Å²) >= 11 is 0. The van der Waals surface area contributed by atoms with Crippen LogP contribution >= 0.6 is 0 Å². The van der Waals surface area contributed by atoms with E-state index in [0.29, 0.717) is 12.8 Å². The van der Waals surface area contributed by atoms with Crippen molar-refractivity contribution in [2.75, 3.05) is 6.54 Å². The number of imide groups is 1. The van der Waals surface area contributed by atoms with Gasteiger partial charge in [-0.15, -0.1) is 0 Å². The number of rotatable bonds is 9. The fourth-order valence-electron chi connectivity index (χ4n) is 3.66. The average molecular weight is 408 g/mol. The van der Waals surface area contributed by atoms with Crippen LogP contribution in [-0.2, 0) is 22.4 Å². The average Bonchev–Trinajstić information content (AvgIpc) is 2.95. The zero-order chi connectivity index (χ0) is 21.6. The molecule has 0 aromatic heterocycles. The van der Waals surface area contributed by atoms with Gasteiger partial charge in [0.15, 0.2) is 0 Å². The van der Waals surface area contributed by atoms with E-state index in [1.54, 1.807) is 6.92 Å². The molecular weight excluding hydrogens is 378 g/mol. The van der Waals surface area contributed by atoms with Crippen molar-refractivity contribution in [1.29, 1.82) is 0 Å². The third kappa shape index (κ3) is 5.47. The van der Waals surface area contributed by atoms with Crippen LogP contribution in [0.2, 0.25) is 0 Å². The summed E-state index contributed by atoms with van der Waals surface area (Å²) in [5.74, 6) is -0.679. The highest BCUT2D eigenvalue weighted by Gasteiger charge is 2.47. The SMILES string of the molecule is C[C@H](CCc1ccccc1)NC(=O)CN1C(=O)N[C@@](C)(CCc2ccccc2)C1=O. The minimum Gasteiger partial charge on any atom is -0.352 e. The second-order valence-electron chi connectivity index (χ2n) is 8.13. The van der Waals surface area contributed by atoms with E-state index in [0.717, 1.165) is 23.3 Å². The van der Waals surface area contributed by atoms with Gasteiger partial charge < -0.3 is 10.6 Å². The van der Waals surface area contributed by atoms with Gasteiger partial charge in [0.25, 0.3) is 5.91 Å². The predicted molar refractivity (Wildman–Crippen MR) is 116 cm³/mol. The van der Waals surface area contributed by atoms with Crippen molar-refractivity contribution in [2.45, 2.75) is 51.1 Å². The molecule has 0 unspecified atom stereocenters. The Labute approximate surface area is 177 Å². The number of hydrogen-bond acceptors (Lipinski definition) is 3. The van der Waals surface area contributed by atoms with Crippen LogP contribution in [0.4, 0.5) is 4.79 Å². The van der Waals surface area contributed by atoms with Crippen molar-refractivity contribution in [1.82, 2.24) is 15.5 Å². The van der Waals surface area contributed by atoms with Crippen molar-refractivity contribution in [3.8, 4) is 0 Å². The summed E-state index contributed by atoms with van der Waals surface area (Å²) in [6.45, 7) is 3.38. The zero-order valence-corrected chi connectivity index (χ0v) is 17.6. The molecule has 0 radical (unpaired) electrons. The number of nitrogens with zero attached hydrogens (tertiary/aromatic N) is 1. The van der Waals surface area contributed by atoms with Gasteiger partial charge >= 0.3 is 6.03 Å². The lowest BCUT2D eigenvalue weighted by molar-refractivity contribution is -0.134. The summed E-state index contributed by atoms with van der Waals surface area (Å²) in [6, 6.07) is 19.3. The number of urea groups is 1. The van der Waals surface area contributed by atoms with Gasteiger partial charge in [0.05, 0.1) is 0 Å². The third-order valence-corrected chi connectivity index (χ3v) is 5.52. The second kappa shape index (κ2) is 9.57. The first-order chi connectivity index (χ1) is 14.4. The molecule has 30 heavy (non-hydrogen) atoms. The van der Waals surface area contributed by atoms with Crippen LogP contribution in [-0.4, -0.2) is 40.9 Å². The summed E-state index contributed by atoms with van der Waals surface area (Å²) in [4.78, 5) is 38.6. The molecule has 2 N–H and O–H groups in total. The fourth-order valence-corrected chi connectivity index (χ4v) is 3.66. The van der Waals surface area contributed by atoms with Crippen LogP contribution in [0.1, 0.15) is 37.8 Å². The lowest BCUT2D eigenvalue weighted by Crippen LogP contribution is -2.46. The van der Waals surface area contributed by atoms with E-state index >= 15 is 0 Å². The Morgan fingerprint density at radius 3 is 2.17 bits per heavy atom. The third-order valence-electron chi connectivity index (χ3n) is 5.52. The predicted octanol–water partition coefficient (Wildman–Crippen LogP) is 3.07. The quantitative estimate of drug-likeness (QED) is 0.627. The summed E-state index contributed by atoms with van der Waals surface area (Å²) in [6.07, 6.45) is 2.78. The molecule has 0 spiro atoms. The molecule has 0 bridgehead atoms. The van der Waals surface area contributed by atoms with E-state index in [9.17, 15) is 14.4 Å². The number of carbonyl (C=O) groups excluding carboxylic acids is 3. The first kappa shape index (κ1) is 21.6. The fraction of sp³-hybridized carbons (Fsp3) is 0.375. The first-order valence-corrected chi connectivity index (χ1v) is 10.4. The molecule has 1 heterocycles. The zero-order valence-electron chi connectivity index (χ0n) is 17.6. The highest BCUT2D eigenvalue weighted by atomic mass is 16.2. The van der Waals surface area contributed by atoms with Gasteiger partial charge in [0, 0.05) is 6.04 Å². The van der Waals surface area contributed by atoms with Crippen molar-refractivity contribution in [3.63, 3.8) is 0 Å². The van der Waals surface area contributed by atoms with Crippen molar-refractivity contribution in [3.05, 3.63) is 71.8 Å². The molecule has 6 heteroatoms. The van der Waals surface area contributed by atoms with E-state index in [4.69, 9.17) is 0 Å². The van der Waals surface area contributed by atoms with Crippen molar-refractivity contribution >= 4 is 17.8 Å². The van der Waals surface area contributed by atoms with Gasteiger partial charge in [0.1, 0.15) is 12.1 Å². The Balaban J connectivity index is 1.49. The monoisotopic (exact) mass is 407 g/mol. The molecule has 3 rings (SSSR count). The second-order valence-corrected chi connectivity index (χ2v) is 8.13. The van der Waals surface area contributed by atoms with Crippen molar-refractivity contribution < 1.29 is 14.4 Å². The van der Waals surface area contributed by atoms with Gasteiger partial charge in [-0.05, 0) is 50.7 Å². The highest BCUT2D eigenvalue weighted by molar-refractivity contribution is 6.08. The van der Waals surface area contributed by atoms with Crippen molar-refractivity contribution in [2.24, 2.45) is 0 Å². The molecule has 0 saturated carbocycles. The molecule has 4 amide bonds. The molecule has 1 aliphatic heterocycles. The Bertz CT molecular complexity index is 885. The van der Waals surface area contributed by atoms with Gasteiger partial charge in [-0.25, -0.2) is 4.79 Å². The van der Waals surface area contributed by atoms with Gasteiger partial charge in [-0.3, -0.25) is 14.5 Å². The number of hydrogen-bond donors (Lipinski definition) is 2. The Morgan fingerprint density at radius 2 is 1.57 bits per heavy atom. The van der Waals surface area contributed by atoms with Gasteiger partial charge in [-0.1, -0.05) is 60.7 Å². The summed E-state index contributed by atoms with van der Waals surface area (Å²) in [5.41, 5.74) is 1.32. The molecule has 2 aromatic carbocycles. The lowest BCUT2D eigenvalue weighted by Gasteiger charge is -2.22. The van der Waals surface area contributed by atoms with Crippen LogP contribution in [0, 0.1) is 0 Å². The molecule has 0 aliphatic carbocycles. The maximum Gasteiger partial charge on any atom is 0.325 e. The molecule has 2 atom stereocenters. The number of benzene rings is 2. The number of carbonyl (C=O) groups is 3. The molecule has 2 aromatic rings. The van der Waals surface area contributed by atoms with E-state index in [1.165, 1.54) is 5.56 Å². The number of nitrogens with one attached hydrogen (secondary N) is 2. The van der Waals surface area contributed by atoms with Crippen LogP contribution in [0.25, 0.3) is 0 Å². The minimum absolute atomic E-state index is 0.0528. The normalized spacial score (nSPS) is 19.5. The van der Waals surface area contributed by atoms with E-state index in [2.05, 4.69) is 22.8 Å². The molecular formula is C24H29N3O3. The molecule has 1 aliphatic rings. The Morgan fingerprint density at radius 1 is 1.00 bits per heavy atom. The van der Waals surface area contributed by atoms with E-state index < -0.39 is 11.6 Å². The van der Waals surface area contributed by atoms with Crippen LogP contribution < -0.4 is 10.6 Å². The summed E-state index contributed by atoms with van der Waals surface area (Å²) in [7, 11) is 0. The van der Waals surface area contributed by atoms with Gasteiger partial charge in [-0.2, -0.15) is 0 Å². The first-order valence-electron chi connectivity index (χ1n) is 10.4. The Hall–Kier alpha value is -3.15. The molecule has 158 valence electrons. The van der Waals surface area contributed by atoms with Gasteiger partial charge in [0.2, 0.25) is 5.91 Å². The van der Waals surface area contributed by atoms with Crippen LogP contribution in [0.5, 0.6) is 0 Å². The highest BCUT2D eigenvalue weighted by Crippen LogP contribution is 2.23. The molecule has 1 fully saturated rings. The van der Waals surface area contributed by atoms with Crippen LogP contribution in [0.3, 0.4) is 0 Å². The summed E-state index contributed by atoms with van der Waals surface area (Å²) < 4.78 is 0. The lowest BCUT2D eigenvalue weighted by atomic mass is 9.93. The number of amides is 4. The van der Waals surface area contributed by atoms with Crippen LogP contribution in [0.15, 0.2) is 60.7 Å². The largest absolute Gasteiger partial charge is 0.352 e. The topological polar surface area (TPSA) is 78.5 Å². The molecule has 6 nitrogen and oxygen atoms in total. The summed E-state index contributed by atoms with van der Waals surface area (Å²) in [5, 5.41) is 5.65. The van der Waals surface area contributed by atoms with E-state index in [1.807, 2.05) is 55.5 Å². The maximum atomic E-state index is 12.9.